The number of ketones is 4. The van der Waals surface area contributed by atoms with Gasteiger partial charge in [-0.3, -0.25) is 39.4 Å². The van der Waals surface area contributed by atoms with E-state index in [1.807, 2.05) is 0 Å². The van der Waals surface area contributed by atoms with Crippen molar-refractivity contribution in [3.8, 4) is 0 Å². The molecule has 1 aliphatic carbocycles. The summed E-state index contributed by atoms with van der Waals surface area (Å²) in [6, 6.07) is 7.55. The van der Waals surface area contributed by atoms with Crippen LogP contribution >= 0.6 is 0 Å². The first-order valence-electron chi connectivity index (χ1n) is 9.86. The van der Waals surface area contributed by atoms with Gasteiger partial charge in [0.15, 0.2) is 0 Å². The molecule has 2 aromatic carbocycles. The Balaban J connectivity index is 1.60. The molecule has 2 heterocycles. The maximum atomic E-state index is 13.1. The molecule has 0 unspecified atom stereocenters. The van der Waals surface area contributed by atoms with E-state index in [1.165, 1.54) is 36.7 Å². The summed E-state index contributed by atoms with van der Waals surface area (Å²) in [6.07, 6.45) is 2.54. The molecule has 4 aromatic rings. The maximum absolute atomic E-state index is 13.1. The van der Waals surface area contributed by atoms with Gasteiger partial charge in [-0.2, -0.15) is 0 Å². The van der Waals surface area contributed by atoms with Crippen LogP contribution in [0.2, 0.25) is 0 Å². The standard InChI is InChI=1S/C22H12N4O8/c27-19-17(13-7-23-15-3-1-9(25(31)32)5-11(13)15)20(28)22(30)18(21(19)29)14-8-24-16-4-2-10(26(33)34)6-12(14)16/h1-8,17-18,23-24H. The molecule has 0 spiro atoms. The predicted octanol–water partition coefficient (Wildman–Crippen LogP) is 2.62. The number of hydrogen-bond acceptors (Lipinski definition) is 8. The number of H-pyrrole nitrogens is 2. The van der Waals surface area contributed by atoms with Crippen molar-refractivity contribution in [2.75, 3.05) is 0 Å². The average molecular weight is 460 g/mol. The average Bonchev–Trinajstić information content (AvgIpc) is 3.42. The number of benzene rings is 2. The summed E-state index contributed by atoms with van der Waals surface area (Å²) < 4.78 is 0. The van der Waals surface area contributed by atoms with E-state index in [4.69, 9.17) is 0 Å². The molecule has 2 N–H and O–H groups in total. The molecule has 0 aliphatic heterocycles. The second kappa shape index (κ2) is 7.27. The van der Waals surface area contributed by atoms with Crippen molar-refractivity contribution in [3.63, 3.8) is 0 Å². The van der Waals surface area contributed by atoms with E-state index in [0.717, 1.165) is 12.1 Å². The second-order valence-corrected chi connectivity index (χ2v) is 7.79. The zero-order valence-electron chi connectivity index (χ0n) is 16.9. The first-order valence-corrected chi connectivity index (χ1v) is 9.86. The Kier molecular flexibility index (Phi) is 4.46. The molecule has 0 amide bonds. The Morgan fingerprint density at radius 3 is 1.29 bits per heavy atom. The highest BCUT2D eigenvalue weighted by Gasteiger charge is 2.51. The van der Waals surface area contributed by atoms with Gasteiger partial charge in [-0.05, 0) is 23.3 Å². The largest absolute Gasteiger partial charge is 0.361 e. The molecule has 34 heavy (non-hydrogen) atoms. The van der Waals surface area contributed by atoms with Gasteiger partial charge in [0, 0.05) is 58.5 Å². The zero-order chi connectivity index (χ0) is 24.3. The molecule has 0 atom stereocenters. The monoisotopic (exact) mass is 460 g/mol. The third-order valence-electron chi connectivity index (χ3n) is 5.97. The number of carbonyl (C=O) groups excluding carboxylic acids is 4. The van der Waals surface area contributed by atoms with Crippen molar-refractivity contribution >= 4 is 56.3 Å². The van der Waals surface area contributed by atoms with Crippen LogP contribution in [-0.2, 0) is 19.2 Å². The summed E-state index contributed by atoms with van der Waals surface area (Å²) in [5.74, 6) is -8.04. The normalized spacial score (nSPS) is 18.7. The van der Waals surface area contributed by atoms with Crippen molar-refractivity contribution < 1.29 is 29.0 Å². The number of non-ortho nitro benzene ring substituents is 2. The van der Waals surface area contributed by atoms with Gasteiger partial charge in [0.1, 0.15) is 11.8 Å². The van der Waals surface area contributed by atoms with E-state index < -0.39 is 44.8 Å². The van der Waals surface area contributed by atoms with Gasteiger partial charge in [0.2, 0.25) is 23.1 Å². The van der Waals surface area contributed by atoms with Crippen LogP contribution in [0.3, 0.4) is 0 Å². The van der Waals surface area contributed by atoms with Crippen molar-refractivity contribution in [1.29, 1.82) is 0 Å². The number of nitrogens with one attached hydrogen (secondary N) is 2. The molecule has 5 rings (SSSR count). The fourth-order valence-corrected chi connectivity index (χ4v) is 4.34. The lowest BCUT2D eigenvalue weighted by molar-refractivity contribution is -0.384. The van der Waals surface area contributed by atoms with Crippen LogP contribution in [0.15, 0.2) is 48.8 Å². The van der Waals surface area contributed by atoms with E-state index in [1.54, 1.807) is 0 Å². The summed E-state index contributed by atoms with van der Waals surface area (Å²) >= 11 is 0. The van der Waals surface area contributed by atoms with Crippen LogP contribution in [0.1, 0.15) is 23.0 Å². The number of nitro benzene ring substituents is 2. The Labute approximate surface area is 187 Å². The van der Waals surface area contributed by atoms with Gasteiger partial charge in [-0.25, -0.2) is 0 Å². The summed E-state index contributed by atoms with van der Waals surface area (Å²) in [4.78, 5) is 78.8. The van der Waals surface area contributed by atoms with Crippen molar-refractivity contribution in [3.05, 3.63) is 80.1 Å². The van der Waals surface area contributed by atoms with Gasteiger partial charge < -0.3 is 9.97 Å². The van der Waals surface area contributed by atoms with Crippen molar-refractivity contribution in [1.82, 2.24) is 9.97 Å². The van der Waals surface area contributed by atoms with Crippen molar-refractivity contribution in [2.24, 2.45) is 0 Å². The lowest BCUT2D eigenvalue weighted by Gasteiger charge is -2.23. The molecule has 1 aliphatic rings. The van der Waals surface area contributed by atoms with Gasteiger partial charge in [-0.15, -0.1) is 0 Å². The number of carbonyl (C=O) groups is 4. The van der Waals surface area contributed by atoms with Crippen LogP contribution in [-0.4, -0.2) is 42.9 Å². The summed E-state index contributed by atoms with van der Waals surface area (Å²) in [5.41, 5.74) is 0.158. The number of aromatic nitrogens is 2. The highest BCUT2D eigenvalue weighted by Crippen LogP contribution is 2.38. The molecule has 1 fully saturated rings. The molecular formula is C22H12N4O8. The lowest BCUT2D eigenvalue weighted by Crippen LogP contribution is -2.46. The van der Waals surface area contributed by atoms with E-state index in [-0.39, 0.29) is 33.3 Å². The van der Waals surface area contributed by atoms with Crippen LogP contribution < -0.4 is 0 Å². The van der Waals surface area contributed by atoms with Crippen LogP contribution in [0.25, 0.3) is 21.8 Å². The third kappa shape index (κ3) is 2.92. The first-order chi connectivity index (χ1) is 16.2. The smallest absolute Gasteiger partial charge is 0.270 e. The SMILES string of the molecule is O=C1C(=O)C(c2c[nH]c3ccc([N+](=O)[O-])cc23)C(=O)C(=O)C1c1c[nH]c2ccc([N+](=O)[O-])cc12. The molecule has 0 bridgehead atoms. The minimum Gasteiger partial charge on any atom is -0.361 e. The van der Waals surface area contributed by atoms with Crippen molar-refractivity contribution in [2.45, 2.75) is 11.8 Å². The Bertz CT molecular complexity index is 1460. The number of Topliss-reactive ketones (excluding diaryl/α,β-unsaturated/α-hetero) is 4. The summed E-state index contributed by atoms with van der Waals surface area (Å²) in [5, 5.41) is 22.6. The third-order valence-corrected chi connectivity index (χ3v) is 5.97. The minimum atomic E-state index is -1.74. The molecule has 2 aromatic heterocycles. The fraction of sp³-hybridized carbons (Fsp3) is 0.0909. The molecule has 1 saturated carbocycles. The number of nitro groups is 2. The van der Waals surface area contributed by atoms with Gasteiger partial charge >= 0.3 is 0 Å². The van der Waals surface area contributed by atoms with Gasteiger partial charge in [0.25, 0.3) is 11.4 Å². The van der Waals surface area contributed by atoms with Crippen LogP contribution in [0.5, 0.6) is 0 Å². The van der Waals surface area contributed by atoms with E-state index in [2.05, 4.69) is 9.97 Å². The molecule has 12 heteroatoms. The molecular weight excluding hydrogens is 448 g/mol. The van der Waals surface area contributed by atoms with Gasteiger partial charge in [0.05, 0.1) is 9.85 Å². The lowest BCUT2D eigenvalue weighted by atomic mass is 9.72. The van der Waals surface area contributed by atoms with E-state index in [9.17, 15) is 39.4 Å². The molecule has 168 valence electrons. The Morgan fingerprint density at radius 2 is 0.971 bits per heavy atom. The Morgan fingerprint density at radius 1 is 0.618 bits per heavy atom. The highest BCUT2D eigenvalue weighted by molar-refractivity contribution is 6.64. The highest BCUT2D eigenvalue weighted by atomic mass is 16.6. The number of fused-ring (bicyclic) bond motifs is 2. The zero-order valence-corrected chi connectivity index (χ0v) is 16.9. The van der Waals surface area contributed by atoms with E-state index >= 15 is 0 Å². The van der Waals surface area contributed by atoms with Gasteiger partial charge in [-0.1, -0.05) is 0 Å². The molecule has 0 radical (unpaired) electrons. The number of nitrogens with zero attached hydrogens (tertiary/aromatic N) is 2. The van der Waals surface area contributed by atoms with Crippen LogP contribution in [0, 0.1) is 20.2 Å². The summed E-state index contributed by atoms with van der Waals surface area (Å²) in [7, 11) is 0. The Hall–Kier alpha value is -5.00. The molecule has 0 saturated heterocycles. The number of rotatable bonds is 4. The maximum Gasteiger partial charge on any atom is 0.270 e. The quantitative estimate of drug-likeness (QED) is 0.201. The second-order valence-electron chi connectivity index (χ2n) is 7.79. The summed E-state index contributed by atoms with van der Waals surface area (Å²) in [6.45, 7) is 0. The predicted molar refractivity (Wildman–Crippen MR) is 115 cm³/mol. The number of hydrogen-bond donors (Lipinski definition) is 2. The number of aromatic amines is 2. The fourth-order valence-electron chi connectivity index (χ4n) is 4.34. The molecule has 12 nitrogen and oxygen atoms in total. The first kappa shape index (κ1) is 20.9. The van der Waals surface area contributed by atoms with Crippen LogP contribution in [0.4, 0.5) is 11.4 Å². The van der Waals surface area contributed by atoms with E-state index in [0.29, 0.717) is 11.0 Å². The minimum absolute atomic E-state index is 0.0107. The topological polar surface area (TPSA) is 186 Å².